The zero-order chi connectivity index (χ0) is 24.0. The van der Waals surface area contributed by atoms with Gasteiger partial charge in [0.2, 0.25) is 0 Å². The quantitative estimate of drug-likeness (QED) is 0.402. The molecule has 1 aliphatic heterocycles. The van der Waals surface area contributed by atoms with Gasteiger partial charge in [-0.3, -0.25) is 0 Å². The van der Waals surface area contributed by atoms with E-state index in [9.17, 15) is 25.5 Å². The van der Waals surface area contributed by atoms with Crippen LogP contribution in [-0.4, -0.2) is 74.6 Å². The number of aliphatic hydroxyl groups is 5. The number of hydrogen-bond acceptors (Lipinski definition) is 7. The molecule has 0 aromatic heterocycles. The molecule has 0 amide bonds. The van der Waals surface area contributed by atoms with Crippen LogP contribution in [0, 0.1) is 34.0 Å². The molecule has 7 nitrogen and oxygen atoms in total. The number of ether oxygens (including phenoxy) is 2. The summed E-state index contributed by atoms with van der Waals surface area (Å²) < 4.78 is 12.0. The van der Waals surface area contributed by atoms with E-state index >= 15 is 0 Å². The summed E-state index contributed by atoms with van der Waals surface area (Å²) in [5.74, 6) is 1.50. The van der Waals surface area contributed by atoms with Crippen LogP contribution in [0.3, 0.4) is 0 Å². The van der Waals surface area contributed by atoms with Crippen molar-refractivity contribution in [3.8, 4) is 0 Å². The van der Waals surface area contributed by atoms with E-state index in [-0.39, 0.29) is 22.3 Å². The van der Waals surface area contributed by atoms with Crippen LogP contribution in [0.15, 0.2) is 0 Å². The van der Waals surface area contributed by atoms with Gasteiger partial charge in [0, 0.05) is 0 Å². The maximum atomic E-state index is 11.1. The average Bonchev–Trinajstić information content (AvgIpc) is 2.93. The molecule has 0 unspecified atom stereocenters. The lowest BCUT2D eigenvalue weighted by Crippen LogP contribution is -2.63. The second-order valence-corrected chi connectivity index (χ2v) is 13.2. The molecule has 0 aromatic rings. The predicted molar refractivity (Wildman–Crippen MR) is 121 cm³/mol. The second kappa shape index (κ2) is 7.86. The third kappa shape index (κ3) is 3.48. The van der Waals surface area contributed by atoms with Crippen molar-refractivity contribution in [1.29, 1.82) is 0 Å². The SMILES string of the molecule is CC1(C)[C@@H](O[C@@H]2O[C@H](CO)[C@@H](O)[C@H](O)[C@H]2O)CC[C@@]2(C)[C@@H]3CC[C@@H]4C[C@@]3(CC[C@@H]12)C[C@@]4(C)O. The van der Waals surface area contributed by atoms with Crippen molar-refractivity contribution >= 4 is 0 Å². The van der Waals surface area contributed by atoms with E-state index in [2.05, 4.69) is 27.7 Å². The first-order valence-corrected chi connectivity index (χ1v) is 13.0. The molecule has 1 heterocycles. The molecule has 5 aliphatic rings. The zero-order valence-electron chi connectivity index (χ0n) is 20.6. The van der Waals surface area contributed by atoms with E-state index in [1.54, 1.807) is 0 Å². The van der Waals surface area contributed by atoms with Crippen molar-refractivity contribution in [2.75, 3.05) is 6.61 Å². The largest absolute Gasteiger partial charge is 0.394 e. The van der Waals surface area contributed by atoms with Crippen LogP contribution in [-0.2, 0) is 9.47 Å². The minimum absolute atomic E-state index is 0.158. The lowest BCUT2D eigenvalue weighted by molar-refractivity contribution is -0.329. The highest BCUT2D eigenvalue weighted by atomic mass is 16.7. The molecule has 190 valence electrons. The summed E-state index contributed by atoms with van der Waals surface area (Å²) in [6.07, 6.45) is 2.19. The van der Waals surface area contributed by atoms with E-state index in [0.717, 1.165) is 44.9 Å². The second-order valence-electron chi connectivity index (χ2n) is 13.2. The molecule has 7 heteroatoms. The summed E-state index contributed by atoms with van der Waals surface area (Å²) >= 11 is 0. The number of aliphatic hydroxyl groups excluding tert-OH is 4. The Morgan fingerprint density at radius 2 is 1.61 bits per heavy atom. The lowest BCUT2D eigenvalue weighted by Gasteiger charge is -2.65. The Morgan fingerprint density at radius 1 is 0.879 bits per heavy atom. The van der Waals surface area contributed by atoms with Crippen LogP contribution in [0.5, 0.6) is 0 Å². The van der Waals surface area contributed by atoms with E-state index in [1.165, 1.54) is 6.42 Å². The van der Waals surface area contributed by atoms with Gasteiger partial charge in [0.1, 0.15) is 24.4 Å². The van der Waals surface area contributed by atoms with Gasteiger partial charge in [0.05, 0.1) is 18.3 Å². The predicted octanol–water partition coefficient (Wildman–Crippen LogP) is 1.97. The summed E-state index contributed by atoms with van der Waals surface area (Å²) in [5, 5.41) is 51.4. The van der Waals surface area contributed by atoms with Crippen LogP contribution >= 0.6 is 0 Å². The highest BCUT2D eigenvalue weighted by Crippen LogP contribution is 2.73. The summed E-state index contributed by atoms with van der Waals surface area (Å²) in [6.45, 7) is 8.60. The van der Waals surface area contributed by atoms with E-state index in [4.69, 9.17) is 9.47 Å². The fraction of sp³-hybridized carbons (Fsp3) is 1.00. The highest BCUT2D eigenvalue weighted by molar-refractivity contribution is 5.16. The smallest absolute Gasteiger partial charge is 0.186 e. The minimum Gasteiger partial charge on any atom is -0.394 e. The van der Waals surface area contributed by atoms with Gasteiger partial charge in [-0.25, -0.2) is 0 Å². The van der Waals surface area contributed by atoms with Gasteiger partial charge < -0.3 is 35.0 Å². The first-order valence-electron chi connectivity index (χ1n) is 13.0. The molecule has 2 bridgehead atoms. The normalized spacial score (nSPS) is 57.9. The third-order valence-electron chi connectivity index (χ3n) is 11.1. The van der Waals surface area contributed by atoms with Crippen molar-refractivity contribution in [2.24, 2.45) is 34.0 Å². The number of rotatable bonds is 3. The van der Waals surface area contributed by atoms with Gasteiger partial charge in [-0.05, 0) is 92.3 Å². The van der Waals surface area contributed by atoms with Crippen LogP contribution in [0.25, 0.3) is 0 Å². The molecule has 4 aliphatic carbocycles. The molecule has 12 atom stereocenters. The standard InChI is InChI=1S/C26H44O7/c1-23(2)16-7-10-26-11-14(25(4,31)13-26)5-6-17(26)24(16,3)9-8-18(23)33-22-21(30)20(29)19(28)15(12-27)32-22/h14-22,27-31H,5-13H2,1-4H3/t14-,15-,16+,17+,18+,19-,20+,21-,22+,24-,25-,26+/m1/s1. The fourth-order valence-corrected chi connectivity index (χ4v) is 9.58. The molecule has 4 saturated carbocycles. The minimum atomic E-state index is -1.42. The Morgan fingerprint density at radius 3 is 2.30 bits per heavy atom. The van der Waals surface area contributed by atoms with Crippen LogP contribution in [0.4, 0.5) is 0 Å². The van der Waals surface area contributed by atoms with Crippen molar-refractivity contribution in [1.82, 2.24) is 0 Å². The molecule has 5 N–H and O–H groups in total. The Bertz CT molecular complexity index is 753. The maximum Gasteiger partial charge on any atom is 0.186 e. The van der Waals surface area contributed by atoms with Gasteiger partial charge in [-0.2, -0.15) is 0 Å². The van der Waals surface area contributed by atoms with Gasteiger partial charge in [-0.15, -0.1) is 0 Å². The highest BCUT2D eigenvalue weighted by Gasteiger charge is 2.67. The Balaban J connectivity index is 1.36. The number of hydrogen-bond donors (Lipinski definition) is 5. The topological polar surface area (TPSA) is 120 Å². The van der Waals surface area contributed by atoms with Crippen LogP contribution in [0.1, 0.15) is 79.1 Å². The summed E-state index contributed by atoms with van der Waals surface area (Å²) in [5.41, 5.74) is -0.247. The molecule has 33 heavy (non-hydrogen) atoms. The van der Waals surface area contributed by atoms with Gasteiger partial charge in [0.15, 0.2) is 6.29 Å². The molecule has 5 fully saturated rings. The Hall–Kier alpha value is -0.280. The first-order chi connectivity index (χ1) is 15.4. The summed E-state index contributed by atoms with van der Waals surface area (Å²) in [6, 6.07) is 0. The molecule has 0 aromatic carbocycles. The molecule has 0 radical (unpaired) electrons. The van der Waals surface area contributed by atoms with Crippen LogP contribution < -0.4 is 0 Å². The van der Waals surface area contributed by atoms with Crippen molar-refractivity contribution < 1.29 is 35.0 Å². The summed E-state index contributed by atoms with van der Waals surface area (Å²) in [4.78, 5) is 0. The van der Waals surface area contributed by atoms with E-state index in [1.807, 2.05) is 0 Å². The van der Waals surface area contributed by atoms with E-state index < -0.39 is 42.9 Å². The van der Waals surface area contributed by atoms with Crippen molar-refractivity contribution in [2.45, 2.75) is 121 Å². The average molecular weight is 469 g/mol. The Kier molecular flexibility index (Phi) is 5.81. The van der Waals surface area contributed by atoms with Crippen molar-refractivity contribution in [3.63, 3.8) is 0 Å². The number of fused-ring (bicyclic) bond motifs is 3. The molecule has 1 saturated heterocycles. The maximum absolute atomic E-state index is 11.1. The van der Waals surface area contributed by atoms with Gasteiger partial charge >= 0.3 is 0 Å². The zero-order valence-corrected chi connectivity index (χ0v) is 20.6. The monoisotopic (exact) mass is 468 g/mol. The Labute approximate surface area is 197 Å². The fourth-order valence-electron chi connectivity index (χ4n) is 9.58. The lowest BCUT2D eigenvalue weighted by atomic mass is 9.41. The third-order valence-corrected chi connectivity index (χ3v) is 11.1. The van der Waals surface area contributed by atoms with Gasteiger partial charge in [-0.1, -0.05) is 20.8 Å². The molecular weight excluding hydrogens is 424 g/mol. The van der Waals surface area contributed by atoms with Gasteiger partial charge in [0.25, 0.3) is 0 Å². The van der Waals surface area contributed by atoms with E-state index in [0.29, 0.717) is 17.8 Å². The van der Waals surface area contributed by atoms with Crippen LogP contribution in [0.2, 0.25) is 0 Å². The molecule has 1 spiro atoms. The summed E-state index contributed by atoms with van der Waals surface area (Å²) in [7, 11) is 0. The molecular formula is C26H44O7. The first kappa shape index (κ1) is 24.4. The molecule has 5 rings (SSSR count). The van der Waals surface area contributed by atoms with Crippen molar-refractivity contribution in [3.05, 3.63) is 0 Å².